The van der Waals surface area contributed by atoms with Gasteiger partial charge in [0.05, 0.1) is 52.5 Å². The van der Waals surface area contributed by atoms with Crippen molar-refractivity contribution in [3.8, 4) is 0 Å². The summed E-state index contributed by atoms with van der Waals surface area (Å²) in [5, 5.41) is 55.2. The van der Waals surface area contributed by atoms with Gasteiger partial charge in [0.2, 0.25) is 23.6 Å². The first-order valence-corrected chi connectivity index (χ1v) is 34.9. The van der Waals surface area contributed by atoms with Crippen molar-refractivity contribution in [2.75, 3.05) is 56.5 Å². The summed E-state index contributed by atoms with van der Waals surface area (Å²) in [4.78, 5) is 143. The summed E-state index contributed by atoms with van der Waals surface area (Å²) >= 11 is 0. The number of phosphoric acid groups is 5. The number of nitrogen functional groups attached to an aromatic ring is 4. The van der Waals surface area contributed by atoms with E-state index in [2.05, 4.69) is 68.0 Å². The molecule has 12 rings (SSSR count). The van der Waals surface area contributed by atoms with Crippen LogP contribution in [0.5, 0.6) is 0 Å². The van der Waals surface area contributed by atoms with Gasteiger partial charge in [-0.3, -0.25) is 70.4 Å². The van der Waals surface area contributed by atoms with E-state index >= 15 is 0 Å². The molecular weight excluding hydrogens is 1440 g/mol. The van der Waals surface area contributed by atoms with Gasteiger partial charge in [0.25, 0.3) is 61.7 Å². The Labute approximate surface area is 540 Å². The minimum Gasteiger partial charge on any atom is -0.756 e. The largest absolute Gasteiger partial charge is 0.756 e. The quantitative estimate of drug-likeness (QED) is 0.0187. The molecular formula is C42H51N20O31P5-4. The number of aliphatic hydroxyl groups is 5. The highest BCUT2D eigenvalue weighted by Gasteiger charge is 2.53. The number of hydrogen-bond acceptors (Lipinski definition) is 43. The Morgan fingerprint density at radius 2 is 0.969 bits per heavy atom. The van der Waals surface area contributed by atoms with Gasteiger partial charge in [-0.05, 0) is 0 Å². The number of H-pyrrole nitrogens is 3. The highest BCUT2D eigenvalue weighted by molar-refractivity contribution is 7.65. The number of hydrogen-bond donors (Lipinski definition) is 12. The third-order valence-corrected chi connectivity index (χ3v) is 21.3. The van der Waals surface area contributed by atoms with Gasteiger partial charge in [-0.25, -0.2) is 38.1 Å². The van der Waals surface area contributed by atoms with E-state index < -0.39 is 192 Å². The number of aromatic nitrogens is 16. The molecule has 534 valence electrons. The topological polar surface area (TPSA) is 751 Å². The molecule has 0 amide bonds. The standard InChI is InChI=1S/C42H55N20O31P5/c1-58-11-62(32-19(58)35(70)57-42(46)54-32)37-23(66)21(64)13(87-37)4-84-96(75,76)92-98(79,80)93-97(77,78)85-6-15-26(27(81-2)39(89-15)61-10-51-18-31(61)53-41(45)56-34(18)69)91-95(73,74)83-5-14-25(24(67)38(88-14)59-8-49-16-28(43)47-7-48-29(16)59)90-94(71,72)82-3-12-20(63)22(65)36(86-12)60-9-50-17-30(60)52-40(44)55-33(17)68/h7-15,20-27,36-39,63-67H,3-6H2,1-2H3,(H15-,43,44,45,46,47,48,52,53,54,55,56,57,68,69,70,71,72,73,74,75,76,77,78,79,80)/p-4/t12-,13-,14-,15-,20-,21-,22-,23-,24-,25-,26-,27-,36-,37-,38-,39-/m1/s1. The lowest BCUT2D eigenvalue weighted by molar-refractivity contribution is -0.745. The van der Waals surface area contributed by atoms with Crippen LogP contribution in [-0.4, -0.2) is 205 Å². The summed E-state index contributed by atoms with van der Waals surface area (Å²) in [6.45, 7) is -5.42. The molecule has 8 aromatic heterocycles. The number of aromatic amines is 3. The van der Waals surface area contributed by atoms with Gasteiger partial charge in [0.1, 0.15) is 85.1 Å². The van der Waals surface area contributed by atoms with E-state index in [1.54, 1.807) is 0 Å². The third-order valence-electron chi connectivity index (χ3n) is 15.2. The van der Waals surface area contributed by atoms with Crippen molar-refractivity contribution in [3.63, 3.8) is 0 Å². The number of nitrogens with one attached hydrogen (secondary N) is 3. The van der Waals surface area contributed by atoms with Crippen molar-refractivity contribution in [3.05, 3.63) is 62.7 Å². The normalized spacial score (nSPS) is 30.7. The molecule has 4 aliphatic rings. The predicted octanol–water partition coefficient (Wildman–Crippen LogP) is -9.39. The number of aliphatic hydroxyl groups excluding tert-OH is 5. The van der Waals surface area contributed by atoms with Crippen LogP contribution in [0, 0.1) is 0 Å². The van der Waals surface area contributed by atoms with Crippen LogP contribution in [0.4, 0.5) is 23.7 Å². The first-order valence-electron chi connectivity index (χ1n) is 27.6. The summed E-state index contributed by atoms with van der Waals surface area (Å²) in [5.41, 5.74) is 18.9. The number of ether oxygens (including phenoxy) is 5. The highest BCUT2D eigenvalue weighted by Crippen LogP contribution is 2.63. The van der Waals surface area contributed by atoms with Crippen LogP contribution < -0.4 is 68.6 Å². The fourth-order valence-electron chi connectivity index (χ4n) is 10.9. The zero-order valence-corrected chi connectivity index (χ0v) is 53.6. The number of aryl methyl sites for hydroxylation is 1. The summed E-state index contributed by atoms with van der Waals surface area (Å²) < 4.78 is 139. The Bertz CT molecular complexity index is 4820. The molecule has 4 saturated heterocycles. The number of nitrogens with zero attached hydrogens (tertiary/aromatic N) is 13. The molecule has 0 saturated carbocycles. The molecule has 0 aliphatic carbocycles. The molecule has 16 N–H and O–H groups in total. The average Bonchev–Trinajstić information content (AvgIpc) is 1.63. The average molecular weight is 1490 g/mol. The van der Waals surface area contributed by atoms with E-state index in [0.29, 0.717) is 0 Å². The number of fused-ring (bicyclic) bond motifs is 4. The van der Waals surface area contributed by atoms with Gasteiger partial charge >= 0.3 is 5.65 Å². The Morgan fingerprint density at radius 1 is 0.520 bits per heavy atom. The molecule has 8 aromatic rings. The number of phosphoric ester groups is 4. The zero-order valence-electron chi connectivity index (χ0n) is 49.2. The first kappa shape index (κ1) is 70.9. The second-order valence-electron chi connectivity index (χ2n) is 21.5. The molecule has 0 radical (unpaired) electrons. The molecule has 0 bridgehead atoms. The molecule has 51 nitrogen and oxygen atoms in total. The van der Waals surface area contributed by atoms with Crippen molar-refractivity contribution < 1.29 is 137 Å². The monoisotopic (exact) mass is 1490 g/mol. The lowest BCUT2D eigenvalue weighted by Crippen LogP contribution is -2.46. The maximum Gasteiger partial charge on any atom is 0.313 e. The van der Waals surface area contributed by atoms with Crippen LogP contribution in [-0.2, 0) is 89.3 Å². The van der Waals surface area contributed by atoms with Crippen LogP contribution in [0.15, 0.2) is 46.0 Å². The van der Waals surface area contributed by atoms with Gasteiger partial charge < -0.3 is 124 Å². The van der Waals surface area contributed by atoms with Crippen molar-refractivity contribution in [1.82, 2.24) is 73.1 Å². The molecule has 4 fully saturated rings. The fraction of sp³-hybridized carbons (Fsp3) is 0.524. The SMILES string of the molecule is CO[C@@H]1[C@H](OP(=O)([O-])OC[C@H]2O[C@@H](n3cnc4c(N)ncnc43)[C@H](O)[C@@H]2OP(=O)([O-])OC[C@H]2O[C@@H](n3cnc4c(=O)[nH]c(N)nc43)[C@H](O)[C@@H]2O)[C@@H](COP(=O)([O-])OP(=O)([O-])OP(=O)([O-])OC[C@H]2O[C@@H]([n+]3cn(C)c4c(=O)[nH]c(N)nc43)[C@H](O)[C@@H]2O)O[C@H]1n1cnc2c(=O)[nH]c(N)nc21. The van der Waals surface area contributed by atoms with Crippen molar-refractivity contribution >= 4 is 107 Å². The van der Waals surface area contributed by atoms with E-state index in [9.17, 15) is 87.2 Å². The van der Waals surface area contributed by atoms with Crippen molar-refractivity contribution in [2.24, 2.45) is 7.05 Å². The summed E-state index contributed by atoms with van der Waals surface area (Å²) in [5.74, 6) is -1.41. The maximum atomic E-state index is 14.2. The fourth-order valence-corrected chi connectivity index (χ4v) is 16.2. The number of imidazole rings is 4. The van der Waals surface area contributed by atoms with E-state index in [1.165, 1.54) is 17.9 Å². The van der Waals surface area contributed by atoms with Crippen LogP contribution in [0.3, 0.4) is 0 Å². The van der Waals surface area contributed by atoms with Crippen LogP contribution in [0.2, 0.25) is 0 Å². The Morgan fingerprint density at radius 3 is 1.55 bits per heavy atom. The smallest absolute Gasteiger partial charge is 0.313 e. The second-order valence-corrected chi connectivity index (χ2v) is 28.8. The van der Waals surface area contributed by atoms with E-state index in [1.807, 2.05) is 0 Å². The highest BCUT2D eigenvalue weighted by atomic mass is 31.3. The summed E-state index contributed by atoms with van der Waals surface area (Å²) in [6, 6.07) is 0. The minimum absolute atomic E-state index is 0.0663. The summed E-state index contributed by atoms with van der Waals surface area (Å²) in [7, 11) is -29.2. The third kappa shape index (κ3) is 14.0. The zero-order chi connectivity index (χ0) is 70.6. The molecule has 98 heavy (non-hydrogen) atoms. The second kappa shape index (κ2) is 26.5. The van der Waals surface area contributed by atoms with Gasteiger partial charge in [-0.2, -0.15) is 9.97 Å². The van der Waals surface area contributed by atoms with Crippen molar-refractivity contribution in [1.29, 1.82) is 0 Å². The molecule has 5 unspecified atom stereocenters. The van der Waals surface area contributed by atoms with Crippen molar-refractivity contribution in [2.45, 2.75) is 98.2 Å². The van der Waals surface area contributed by atoms with Gasteiger partial charge in [-0.1, -0.05) is 4.98 Å². The van der Waals surface area contributed by atoms with Crippen LogP contribution in [0.25, 0.3) is 44.7 Å². The van der Waals surface area contributed by atoms with E-state index in [4.69, 9.17) is 69.2 Å². The molecule has 21 atom stereocenters. The molecule has 56 heteroatoms. The van der Waals surface area contributed by atoms with E-state index in [-0.39, 0.29) is 56.9 Å². The lowest BCUT2D eigenvalue weighted by atomic mass is 10.1. The van der Waals surface area contributed by atoms with Gasteiger partial charge in [0, 0.05) is 7.11 Å². The van der Waals surface area contributed by atoms with Gasteiger partial charge in [0.15, 0.2) is 58.8 Å². The molecule has 4 aliphatic heterocycles. The van der Waals surface area contributed by atoms with Crippen LogP contribution in [0.1, 0.15) is 24.9 Å². The molecule has 0 spiro atoms. The Hall–Kier alpha value is -6.97. The Balaban J connectivity index is 0.741. The lowest BCUT2D eigenvalue weighted by Gasteiger charge is -2.35. The molecule has 12 heterocycles. The van der Waals surface area contributed by atoms with Gasteiger partial charge in [-0.15, -0.1) is 0 Å². The first-order chi connectivity index (χ1) is 46.0. The Kier molecular flexibility index (Phi) is 19.2. The summed E-state index contributed by atoms with van der Waals surface area (Å²) in [6.07, 6.45) is -25.7. The van der Waals surface area contributed by atoms with Crippen LogP contribution >= 0.6 is 39.1 Å². The maximum absolute atomic E-state index is 14.2. The number of rotatable bonds is 25. The number of methoxy groups -OCH3 is 1. The van der Waals surface area contributed by atoms with E-state index in [0.717, 1.165) is 50.7 Å². The molecule has 0 aromatic carbocycles. The number of anilines is 4. The predicted molar refractivity (Wildman–Crippen MR) is 301 cm³/mol. The minimum atomic E-state index is -6.73. The number of nitrogens with two attached hydrogens (primary N) is 4.